The highest BCUT2D eigenvalue weighted by molar-refractivity contribution is 7.97. The number of rotatable bonds is 4. The number of benzene rings is 2. The van der Waals surface area contributed by atoms with Crippen LogP contribution in [0.3, 0.4) is 0 Å². The van der Waals surface area contributed by atoms with Crippen LogP contribution in [0, 0.1) is 5.82 Å². The third-order valence-corrected chi connectivity index (χ3v) is 5.47. The topological polar surface area (TPSA) is 75.3 Å². The van der Waals surface area contributed by atoms with Gasteiger partial charge in [0.15, 0.2) is 4.91 Å². The van der Waals surface area contributed by atoms with E-state index in [-0.39, 0.29) is 15.5 Å². The van der Waals surface area contributed by atoms with Crippen molar-refractivity contribution in [1.82, 2.24) is 5.32 Å². The minimum atomic E-state index is -3.91. The Balaban J connectivity index is 2.05. The van der Waals surface area contributed by atoms with Crippen molar-refractivity contribution in [2.75, 3.05) is 11.9 Å². The molecule has 2 aromatic carbocycles. The lowest BCUT2D eigenvalue weighted by Gasteiger charge is -2.09. The zero-order chi connectivity index (χ0) is 17.3. The van der Waals surface area contributed by atoms with Gasteiger partial charge in [0, 0.05) is 17.8 Å². The molecule has 0 fully saturated rings. The second kappa shape index (κ2) is 6.09. The monoisotopic (exact) mass is 346 g/mol. The van der Waals surface area contributed by atoms with E-state index in [1.807, 2.05) is 6.92 Å². The minimum Gasteiger partial charge on any atom is -0.384 e. The van der Waals surface area contributed by atoms with Gasteiger partial charge < -0.3 is 10.6 Å². The molecular weight excluding hydrogens is 331 g/mol. The van der Waals surface area contributed by atoms with E-state index in [2.05, 4.69) is 10.6 Å². The van der Waals surface area contributed by atoms with Crippen molar-refractivity contribution in [1.29, 1.82) is 0 Å². The number of halogens is 1. The lowest BCUT2D eigenvalue weighted by atomic mass is 10.1. The zero-order valence-electron chi connectivity index (χ0n) is 12.8. The van der Waals surface area contributed by atoms with Gasteiger partial charge in [-0.1, -0.05) is 18.2 Å². The number of nitrogens with one attached hydrogen (secondary N) is 2. The van der Waals surface area contributed by atoms with Crippen LogP contribution in [0.15, 0.2) is 58.3 Å². The second-order valence-corrected chi connectivity index (χ2v) is 7.05. The van der Waals surface area contributed by atoms with Crippen molar-refractivity contribution in [3.05, 3.63) is 64.8 Å². The number of fused-ring (bicyclic) bond motifs is 1. The van der Waals surface area contributed by atoms with Gasteiger partial charge in [0.25, 0.3) is 5.91 Å². The van der Waals surface area contributed by atoms with E-state index in [0.29, 0.717) is 17.8 Å². The number of carbonyl (C=O) groups excluding carboxylic acids is 1. The van der Waals surface area contributed by atoms with Gasteiger partial charge in [-0.05, 0) is 37.3 Å². The molecule has 3 rings (SSSR count). The molecule has 7 heteroatoms. The summed E-state index contributed by atoms with van der Waals surface area (Å²) in [7, 11) is -3.91. The fourth-order valence-corrected chi connectivity index (χ4v) is 4.27. The summed E-state index contributed by atoms with van der Waals surface area (Å²) in [4.78, 5) is 12.4. The molecule has 0 aliphatic carbocycles. The van der Waals surface area contributed by atoms with Crippen LogP contribution in [0.25, 0.3) is 5.70 Å². The molecule has 0 aromatic heterocycles. The fourth-order valence-electron chi connectivity index (χ4n) is 2.58. The van der Waals surface area contributed by atoms with Crippen LogP contribution in [0.2, 0.25) is 0 Å². The van der Waals surface area contributed by atoms with Gasteiger partial charge >= 0.3 is 0 Å². The van der Waals surface area contributed by atoms with Gasteiger partial charge in [0.05, 0.1) is 10.6 Å². The first-order valence-corrected chi connectivity index (χ1v) is 8.83. The Morgan fingerprint density at radius 2 is 1.75 bits per heavy atom. The Morgan fingerprint density at radius 1 is 1.08 bits per heavy atom. The largest absolute Gasteiger partial charge is 0.384 e. The minimum absolute atomic E-state index is 0.102. The number of carbonyl (C=O) groups is 1. The first kappa shape index (κ1) is 16.2. The van der Waals surface area contributed by atoms with E-state index in [0.717, 1.165) is 0 Å². The van der Waals surface area contributed by atoms with Crippen LogP contribution in [-0.4, -0.2) is 20.9 Å². The second-order valence-electron chi connectivity index (χ2n) is 5.20. The quantitative estimate of drug-likeness (QED) is 0.892. The van der Waals surface area contributed by atoms with Crippen molar-refractivity contribution < 1.29 is 17.6 Å². The molecule has 1 heterocycles. The van der Waals surface area contributed by atoms with Crippen LogP contribution in [0.1, 0.15) is 12.5 Å². The van der Waals surface area contributed by atoms with E-state index in [1.165, 1.54) is 30.3 Å². The third-order valence-electron chi connectivity index (χ3n) is 3.60. The van der Waals surface area contributed by atoms with Crippen LogP contribution < -0.4 is 10.6 Å². The molecule has 0 bridgehead atoms. The summed E-state index contributed by atoms with van der Waals surface area (Å²) in [5, 5.41) is 5.47. The number of amides is 1. The summed E-state index contributed by atoms with van der Waals surface area (Å²) in [6.07, 6.45) is 0. The molecule has 1 aliphatic heterocycles. The Kier molecular flexibility index (Phi) is 4.11. The Morgan fingerprint density at radius 3 is 2.42 bits per heavy atom. The van der Waals surface area contributed by atoms with Gasteiger partial charge in [0.1, 0.15) is 5.82 Å². The Bertz CT molecular complexity index is 935. The van der Waals surface area contributed by atoms with Gasteiger partial charge in [-0.2, -0.15) is 0 Å². The SMILES string of the molecule is CCNC1=C(C(=O)Nc2ccc(F)cc2)S(=O)(=O)c2ccccc21. The molecule has 5 nitrogen and oxygen atoms in total. The highest BCUT2D eigenvalue weighted by Crippen LogP contribution is 2.38. The molecule has 0 unspecified atom stereocenters. The van der Waals surface area contributed by atoms with Crippen LogP contribution in [0.4, 0.5) is 10.1 Å². The average Bonchev–Trinajstić information content (AvgIpc) is 2.78. The van der Waals surface area contributed by atoms with E-state index >= 15 is 0 Å². The maximum absolute atomic E-state index is 13.0. The zero-order valence-corrected chi connectivity index (χ0v) is 13.7. The normalized spacial score (nSPS) is 15.1. The predicted octanol–water partition coefficient (Wildman–Crippen LogP) is 2.53. The summed E-state index contributed by atoms with van der Waals surface area (Å²) in [6.45, 7) is 2.28. The van der Waals surface area contributed by atoms with Gasteiger partial charge in [0.2, 0.25) is 9.84 Å². The Hall–Kier alpha value is -2.67. The standard InChI is InChI=1S/C17H15FN2O3S/c1-2-19-15-13-5-3-4-6-14(13)24(22,23)16(15)17(21)20-12-9-7-11(18)8-10-12/h3-10,19H,2H2,1H3,(H,20,21). The lowest BCUT2D eigenvalue weighted by molar-refractivity contribution is -0.112. The van der Waals surface area contributed by atoms with E-state index in [9.17, 15) is 17.6 Å². The molecular formula is C17H15FN2O3S. The fraction of sp³-hybridized carbons (Fsp3) is 0.118. The van der Waals surface area contributed by atoms with E-state index < -0.39 is 21.6 Å². The summed E-state index contributed by atoms with van der Waals surface area (Å²) in [5.74, 6) is -1.20. The highest BCUT2D eigenvalue weighted by Gasteiger charge is 2.39. The summed E-state index contributed by atoms with van der Waals surface area (Å²) in [6, 6.07) is 11.6. The van der Waals surface area contributed by atoms with Crippen molar-refractivity contribution in [2.45, 2.75) is 11.8 Å². The third kappa shape index (κ3) is 2.67. The van der Waals surface area contributed by atoms with E-state index in [4.69, 9.17) is 0 Å². The number of hydrogen-bond acceptors (Lipinski definition) is 4. The summed E-state index contributed by atoms with van der Waals surface area (Å²) < 4.78 is 38.4. The maximum atomic E-state index is 13.0. The molecule has 2 N–H and O–H groups in total. The van der Waals surface area contributed by atoms with Crippen molar-refractivity contribution >= 4 is 27.1 Å². The van der Waals surface area contributed by atoms with Crippen LogP contribution in [-0.2, 0) is 14.6 Å². The molecule has 2 aromatic rings. The first-order valence-electron chi connectivity index (χ1n) is 7.34. The van der Waals surface area contributed by atoms with Gasteiger partial charge in [-0.25, -0.2) is 12.8 Å². The van der Waals surface area contributed by atoms with Crippen molar-refractivity contribution in [3.63, 3.8) is 0 Å². The van der Waals surface area contributed by atoms with Crippen molar-refractivity contribution in [3.8, 4) is 0 Å². The molecule has 0 spiro atoms. The maximum Gasteiger partial charge on any atom is 0.269 e. The molecule has 0 saturated heterocycles. The molecule has 124 valence electrons. The highest BCUT2D eigenvalue weighted by atomic mass is 32.2. The number of sulfone groups is 1. The summed E-state index contributed by atoms with van der Waals surface area (Å²) >= 11 is 0. The molecule has 24 heavy (non-hydrogen) atoms. The predicted molar refractivity (Wildman–Crippen MR) is 89.3 cm³/mol. The first-order chi connectivity index (χ1) is 11.4. The molecule has 0 saturated carbocycles. The molecule has 0 radical (unpaired) electrons. The van der Waals surface area contributed by atoms with E-state index in [1.54, 1.807) is 18.2 Å². The van der Waals surface area contributed by atoms with Gasteiger partial charge in [-0.3, -0.25) is 4.79 Å². The molecule has 1 aliphatic rings. The Labute approximate surface area is 139 Å². The number of anilines is 1. The summed E-state index contributed by atoms with van der Waals surface area (Å²) in [5.41, 5.74) is 1.08. The van der Waals surface area contributed by atoms with Crippen molar-refractivity contribution in [2.24, 2.45) is 0 Å². The lowest BCUT2D eigenvalue weighted by Crippen LogP contribution is -2.22. The van der Waals surface area contributed by atoms with Crippen LogP contribution >= 0.6 is 0 Å². The average molecular weight is 346 g/mol. The van der Waals surface area contributed by atoms with Crippen LogP contribution in [0.5, 0.6) is 0 Å². The molecule has 1 amide bonds. The molecule has 0 atom stereocenters. The van der Waals surface area contributed by atoms with Gasteiger partial charge in [-0.15, -0.1) is 0 Å². The number of hydrogen-bond donors (Lipinski definition) is 2. The smallest absolute Gasteiger partial charge is 0.269 e.